The van der Waals surface area contributed by atoms with Crippen LogP contribution in [0.3, 0.4) is 0 Å². The first-order valence-corrected chi connectivity index (χ1v) is 7.12. The molecular formula is C17H17N3O. The highest BCUT2D eigenvalue weighted by Gasteiger charge is 2.16. The van der Waals surface area contributed by atoms with E-state index in [4.69, 9.17) is 15.5 Å². The van der Waals surface area contributed by atoms with Crippen molar-refractivity contribution in [2.45, 2.75) is 19.8 Å². The molecule has 0 spiro atoms. The molecule has 2 aromatic carbocycles. The van der Waals surface area contributed by atoms with Crippen LogP contribution in [-0.2, 0) is 31.5 Å². The van der Waals surface area contributed by atoms with Crippen molar-refractivity contribution in [3.05, 3.63) is 53.1 Å². The van der Waals surface area contributed by atoms with Gasteiger partial charge in [-0.1, -0.05) is 24.3 Å². The molecule has 0 unspecified atom stereocenters. The Labute approximate surface area is 123 Å². The van der Waals surface area contributed by atoms with Gasteiger partial charge in [0.2, 0.25) is 0 Å². The third-order valence-corrected chi connectivity index (χ3v) is 4.19. The Kier molecular flexibility index (Phi) is 2.80. The summed E-state index contributed by atoms with van der Waals surface area (Å²) in [6.07, 6.45) is 0. The van der Waals surface area contributed by atoms with Gasteiger partial charge in [0.15, 0.2) is 0 Å². The summed E-state index contributed by atoms with van der Waals surface area (Å²) in [7, 11) is 2.05. The van der Waals surface area contributed by atoms with Crippen LogP contribution in [0.4, 0.5) is 0 Å². The lowest BCUT2D eigenvalue weighted by Gasteiger charge is -2.04. The maximum absolute atomic E-state index is 5.82. The summed E-state index contributed by atoms with van der Waals surface area (Å²) in [6.45, 7) is 1.92. The number of fused-ring (bicyclic) bond motifs is 2. The fourth-order valence-corrected chi connectivity index (χ4v) is 3.01. The lowest BCUT2D eigenvalue weighted by molar-refractivity contribution is 0.134. The molecule has 0 fully saturated rings. The number of aryl methyl sites for hydroxylation is 1. The van der Waals surface area contributed by atoms with E-state index >= 15 is 0 Å². The Morgan fingerprint density at radius 1 is 1.19 bits per heavy atom. The van der Waals surface area contributed by atoms with E-state index < -0.39 is 0 Å². The first-order chi connectivity index (χ1) is 10.3. The maximum Gasteiger partial charge on any atom is 0.140 e. The van der Waals surface area contributed by atoms with Crippen molar-refractivity contribution < 1.29 is 4.74 Å². The quantitative estimate of drug-likeness (QED) is 0.784. The molecule has 0 aliphatic carbocycles. The van der Waals surface area contributed by atoms with Crippen LogP contribution in [0.2, 0.25) is 0 Å². The smallest absolute Gasteiger partial charge is 0.140 e. The van der Waals surface area contributed by atoms with Gasteiger partial charge in [-0.15, -0.1) is 0 Å². The van der Waals surface area contributed by atoms with Gasteiger partial charge >= 0.3 is 0 Å². The molecule has 0 radical (unpaired) electrons. The summed E-state index contributed by atoms with van der Waals surface area (Å²) < 4.78 is 7.62. The molecule has 21 heavy (non-hydrogen) atoms. The summed E-state index contributed by atoms with van der Waals surface area (Å²) in [5.41, 5.74) is 12.7. The standard InChI is InChI=1S/C17H17N3O/c1-20-15-4-2-3-12(8-18)16(15)19-17(20)11-5-6-13-9-21-10-14(13)7-11/h2-7H,8-10,18H2,1H3. The molecule has 2 N–H and O–H groups in total. The highest BCUT2D eigenvalue weighted by Crippen LogP contribution is 2.29. The van der Waals surface area contributed by atoms with Crippen LogP contribution in [0, 0.1) is 0 Å². The second-order valence-corrected chi connectivity index (χ2v) is 5.46. The van der Waals surface area contributed by atoms with Gasteiger partial charge in [0.1, 0.15) is 5.82 Å². The van der Waals surface area contributed by atoms with Crippen molar-refractivity contribution >= 4 is 11.0 Å². The van der Waals surface area contributed by atoms with Crippen LogP contribution >= 0.6 is 0 Å². The molecular weight excluding hydrogens is 262 g/mol. The zero-order chi connectivity index (χ0) is 14.4. The molecule has 1 aliphatic heterocycles. The maximum atomic E-state index is 5.82. The van der Waals surface area contributed by atoms with E-state index in [2.05, 4.69) is 35.9 Å². The summed E-state index contributed by atoms with van der Waals surface area (Å²) in [6, 6.07) is 12.6. The monoisotopic (exact) mass is 279 g/mol. The molecule has 0 atom stereocenters. The van der Waals surface area contributed by atoms with E-state index in [1.807, 2.05) is 12.1 Å². The van der Waals surface area contributed by atoms with Gasteiger partial charge in [-0.3, -0.25) is 0 Å². The molecule has 0 bridgehead atoms. The van der Waals surface area contributed by atoms with E-state index in [9.17, 15) is 0 Å². The van der Waals surface area contributed by atoms with E-state index in [1.54, 1.807) is 0 Å². The van der Waals surface area contributed by atoms with Gasteiger partial charge < -0.3 is 15.0 Å². The van der Waals surface area contributed by atoms with Gasteiger partial charge in [-0.25, -0.2) is 4.98 Å². The number of para-hydroxylation sites is 1. The minimum atomic E-state index is 0.506. The van der Waals surface area contributed by atoms with Gasteiger partial charge in [0.05, 0.1) is 24.2 Å². The third-order valence-electron chi connectivity index (χ3n) is 4.19. The third kappa shape index (κ3) is 1.87. The fraction of sp³-hybridized carbons (Fsp3) is 0.235. The zero-order valence-electron chi connectivity index (χ0n) is 12.0. The largest absolute Gasteiger partial charge is 0.372 e. The molecule has 4 nitrogen and oxygen atoms in total. The molecule has 0 saturated carbocycles. The lowest BCUT2D eigenvalue weighted by atomic mass is 10.1. The SMILES string of the molecule is Cn1c(-c2ccc3c(c2)COC3)nc2c(CN)cccc21. The number of aromatic nitrogens is 2. The molecule has 1 aliphatic rings. The second kappa shape index (κ2) is 4.69. The highest BCUT2D eigenvalue weighted by molar-refractivity contribution is 5.83. The van der Waals surface area contributed by atoms with Gasteiger partial charge in [-0.05, 0) is 28.8 Å². The van der Waals surface area contributed by atoms with Crippen LogP contribution in [-0.4, -0.2) is 9.55 Å². The van der Waals surface area contributed by atoms with Gasteiger partial charge in [0.25, 0.3) is 0 Å². The van der Waals surface area contributed by atoms with Crippen LogP contribution in [0.15, 0.2) is 36.4 Å². The topological polar surface area (TPSA) is 53.1 Å². The second-order valence-electron chi connectivity index (χ2n) is 5.46. The average molecular weight is 279 g/mol. The first-order valence-electron chi connectivity index (χ1n) is 7.12. The molecule has 2 heterocycles. The number of hydrogen-bond donors (Lipinski definition) is 1. The number of imidazole rings is 1. The Balaban J connectivity index is 1.92. The zero-order valence-corrected chi connectivity index (χ0v) is 12.0. The van der Waals surface area contributed by atoms with Gasteiger partial charge in [0, 0.05) is 19.2 Å². The average Bonchev–Trinajstić information content (AvgIpc) is 3.11. The summed E-state index contributed by atoms with van der Waals surface area (Å²) >= 11 is 0. The number of rotatable bonds is 2. The number of nitrogens with zero attached hydrogens (tertiary/aromatic N) is 2. The Morgan fingerprint density at radius 3 is 2.90 bits per heavy atom. The van der Waals surface area contributed by atoms with Crippen LogP contribution in [0.5, 0.6) is 0 Å². The minimum absolute atomic E-state index is 0.506. The molecule has 1 aromatic heterocycles. The molecule has 106 valence electrons. The summed E-state index contributed by atoms with van der Waals surface area (Å²) in [4.78, 5) is 4.82. The van der Waals surface area contributed by atoms with Crippen molar-refractivity contribution in [3.63, 3.8) is 0 Å². The first kappa shape index (κ1) is 12.6. The Bertz CT molecular complexity index is 835. The van der Waals surface area contributed by atoms with Gasteiger partial charge in [-0.2, -0.15) is 0 Å². The molecule has 0 amide bonds. The van der Waals surface area contributed by atoms with Crippen molar-refractivity contribution in [3.8, 4) is 11.4 Å². The van der Waals surface area contributed by atoms with E-state index in [-0.39, 0.29) is 0 Å². The molecule has 3 aromatic rings. The normalized spacial score (nSPS) is 13.8. The predicted molar refractivity (Wildman–Crippen MR) is 82.5 cm³/mol. The van der Waals surface area contributed by atoms with E-state index in [0.717, 1.165) is 34.6 Å². The van der Waals surface area contributed by atoms with Crippen LogP contribution in [0.25, 0.3) is 22.4 Å². The predicted octanol–water partition coefficient (Wildman–Crippen LogP) is 2.73. The molecule has 0 saturated heterocycles. The van der Waals surface area contributed by atoms with E-state index in [1.165, 1.54) is 11.1 Å². The number of hydrogen-bond acceptors (Lipinski definition) is 3. The number of nitrogens with two attached hydrogens (primary N) is 1. The van der Waals surface area contributed by atoms with E-state index in [0.29, 0.717) is 13.2 Å². The highest BCUT2D eigenvalue weighted by atomic mass is 16.5. The fourth-order valence-electron chi connectivity index (χ4n) is 3.01. The van der Waals surface area contributed by atoms with Crippen molar-refractivity contribution in [2.75, 3.05) is 0 Å². The molecule has 4 heteroatoms. The van der Waals surface area contributed by atoms with Crippen molar-refractivity contribution in [1.82, 2.24) is 9.55 Å². The van der Waals surface area contributed by atoms with Crippen LogP contribution in [0.1, 0.15) is 16.7 Å². The minimum Gasteiger partial charge on any atom is -0.372 e. The summed E-state index contributed by atoms with van der Waals surface area (Å²) in [5, 5.41) is 0. The number of ether oxygens (including phenoxy) is 1. The lowest BCUT2D eigenvalue weighted by Crippen LogP contribution is -1.97. The molecule has 4 rings (SSSR count). The van der Waals surface area contributed by atoms with Crippen LogP contribution < -0.4 is 5.73 Å². The Morgan fingerprint density at radius 2 is 2.05 bits per heavy atom. The summed E-state index contributed by atoms with van der Waals surface area (Å²) in [5.74, 6) is 0.973. The number of benzene rings is 2. The van der Waals surface area contributed by atoms with Crippen molar-refractivity contribution in [1.29, 1.82) is 0 Å². The Hall–Kier alpha value is -2.17. The van der Waals surface area contributed by atoms with Crippen molar-refractivity contribution in [2.24, 2.45) is 12.8 Å².